The van der Waals surface area contributed by atoms with Crippen molar-refractivity contribution in [2.75, 3.05) is 12.4 Å². The van der Waals surface area contributed by atoms with Crippen LogP contribution in [0.15, 0.2) is 53.3 Å². The lowest BCUT2D eigenvalue weighted by atomic mass is 9.93. The highest BCUT2D eigenvalue weighted by molar-refractivity contribution is 6.19. The van der Waals surface area contributed by atoms with Crippen molar-refractivity contribution < 1.29 is 9.18 Å². The van der Waals surface area contributed by atoms with Crippen LogP contribution in [0.1, 0.15) is 46.0 Å². The molecule has 0 aliphatic rings. The molecule has 0 N–H and O–H groups in total. The minimum absolute atomic E-state index is 0.107. The van der Waals surface area contributed by atoms with Gasteiger partial charge in [-0.05, 0) is 63.6 Å². The summed E-state index contributed by atoms with van der Waals surface area (Å²) in [7, 11) is 0. The molecule has 0 aliphatic carbocycles. The molecular formula is C24H27ClFN3O2. The number of halogens is 2. The topological polar surface area (TPSA) is 55.2 Å². The number of hydrogen-bond donors (Lipinski definition) is 0. The SMILES string of the molecule is CCCN(C(=O)C(C)(C)CCl)C(C)c1nc2ccccc2c(=O)n1-c1ccc(F)cc1. The van der Waals surface area contributed by atoms with Gasteiger partial charge in [0.05, 0.1) is 28.0 Å². The summed E-state index contributed by atoms with van der Waals surface area (Å²) >= 11 is 6.07. The number of aromatic nitrogens is 2. The number of fused-ring (bicyclic) bond motifs is 1. The van der Waals surface area contributed by atoms with Crippen LogP contribution in [0.3, 0.4) is 0 Å². The fraction of sp³-hybridized carbons (Fsp3) is 0.375. The van der Waals surface area contributed by atoms with Crippen molar-refractivity contribution in [3.63, 3.8) is 0 Å². The van der Waals surface area contributed by atoms with Crippen molar-refractivity contribution in [3.05, 3.63) is 70.5 Å². The number of carbonyl (C=O) groups excluding carboxylic acids is 1. The van der Waals surface area contributed by atoms with Gasteiger partial charge in [0.15, 0.2) is 0 Å². The molecule has 1 amide bonds. The van der Waals surface area contributed by atoms with Crippen LogP contribution in [0.2, 0.25) is 0 Å². The molecule has 0 radical (unpaired) electrons. The Labute approximate surface area is 186 Å². The zero-order chi connectivity index (χ0) is 22.8. The number of para-hydroxylation sites is 1. The first-order valence-corrected chi connectivity index (χ1v) is 10.9. The minimum Gasteiger partial charge on any atom is -0.332 e. The van der Waals surface area contributed by atoms with E-state index in [4.69, 9.17) is 16.6 Å². The fourth-order valence-electron chi connectivity index (χ4n) is 3.57. The van der Waals surface area contributed by atoms with Crippen LogP contribution in [0.4, 0.5) is 4.39 Å². The molecule has 2 aromatic carbocycles. The minimum atomic E-state index is -0.761. The Bertz CT molecular complexity index is 1140. The van der Waals surface area contributed by atoms with Gasteiger partial charge in [0.2, 0.25) is 5.91 Å². The number of nitrogens with zero attached hydrogens (tertiary/aromatic N) is 3. The van der Waals surface area contributed by atoms with E-state index in [0.717, 1.165) is 6.42 Å². The molecule has 0 bridgehead atoms. The van der Waals surface area contributed by atoms with Gasteiger partial charge in [-0.3, -0.25) is 14.2 Å². The quantitative estimate of drug-likeness (QED) is 0.478. The Balaban J connectivity index is 2.25. The second kappa shape index (κ2) is 9.18. The van der Waals surface area contributed by atoms with Gasteiger partial charge in [-0.2, -0.15) is 0 Å². The molecule has 0 saturated heterocycles. The number of alkyl halides is 1. The molecule has 1 aromatic heterocycles. The molecule has 164 valence electrons. The molecule has 0 saturated carbocycles. The Kier molecular flexibility index (Phi) is 6.80. The van der Waals surface area contributed by atoms with Crippen LogP contribution in [-0.2, 0) is 4.79 Å². The van der Waals surface area contributed by atoms with Crippen molar-refractivity contribution in [2.45, 2.75) is 40.2 Å². The summed E-state index contributed by atoms with van der Waals surface area (Å²) in [6.07, 6.45) is 0.739. The second-order valence-electron chi connectivity index (χ2n) is 8.30. The highest BCUT2D eigenvalue weighted by Gasteiger charge is 2.35. The molecule has 31 heavy (non-hydrogen) atoms. The Hall–Kier alpha value is -2.73. The number of carbonyl (C=O) groups is 1. The van der Waals surface area contributed by atoms with E-state index in [1.54, 1.807) is 36.9 Å². The number of benzene rings is 2. The van der Waals surface area contributed by atoms with Crippen molar-refractivity contribution in [1.29, 1.82) is 0 Å². The lowest BCUT2D eigenvalue weighted by molar-refractivity contribution is -0.141. The van der Waals surface area contributed by atoms with E-state index in [0.29, 0.717) is 29.0 Å². The van der Waals surface area contributed by atoms with Crippen LogP contribution >= 0.6 is 11.6 Å². The number of hydrogen-bond acceptors (Lipinski definition) is 3. The predicted molar refractivity (Wildman–Crippen MR) is 122 cm³/mol. The van der Waals surface area contributed by atoms with Gasteiger partial charge in [0.1, 0.15) is 11.6 Å². The first-order chi connectivity index (χ1) is 14.7. The van der Waals surface area contributed by atoms with E-state index < -0.39 is 17.3 Å². The third-order valence-electron chi connectivity index (χ3n) is 5.37. The molecule has 3 rings (SSSR count). The van der Waals surface area contributed by atoms with Gasteiger partial charge in [0.25, 0.3) is 5.56 Å². The van der Waals surface area contributed by atoms with Gasteiger partial charge in [-0.25, -0.2) is 9.37 Å². The second-order valence-corrected chi connectivity index (χ2v) is 8.56. The van der Waals surface area contributed by atoms with Crippen LogP contribution < -0.4 is 5.56 Å². The average Bonchev–Trinajstić information content (AvgIpc) is 2.77. The molecule has 0 fully saturated rings. The monoisotopic (exact) mass is 443 g/mol. The Morgan fingerprint density at radius 1 is 1.19 bits per heavy atom. The van der Waals surface area contributed by atoms with Gasteiger partial charge < -0.3 is 4.90 Å². The lowest BCUT2D eigenvalue weighted by Gasteiger charge is -2.35. The summed E-state index contributed by atoms with van der Waals surface area (Å²) in [6.45, 7) is 7.94. The maximum absolute atomic E-state index is 13.6. The number of rotatable bonds is 7. The van der Waals surface area contributed by atoms with E-state index in [2.05, 4.69) is 0 Å². The smallest absolute Gasteiger partial charge is 0.266 e. The summed E-state index contributed by atoms with van der Waals surface area (Å²) < 4.78 is 15.0. The van der Waals surface area contributed by atoms with Crippen molar-refractivity contribution in [3.8, 4) is 5.69 Å². The van der Waals surface area contributed by atoms with Crippen LogP contribution in [0, 0.1) is 11.2 Å². The van der Waals surface area contributed by atoms with E-state index >= 15 is 0 Å². The van der Waals surface area contributed by atoms with Gasteiger partial charge >= 0.3 is 0 Å². The highest BCUT2D eigenvalue weighted by atomic mass is 35.5. The lowest BCUT2D eigenvalue weighted by Crippen LogP contribution is -2.45. The molecule has 1 unspecified atom stereocenters. The zero-order valence-electron chi connectivity index (χ0n) is 18.2. The molecule has 7 heteroatoms. The normalized spacial score (nSPS) is 12.7. The molecule has 0 spiro atoms. The third kappa shape index (κ3) is 4.49. The molecule has 1 atom stereocenters. The van der Waals surface area contributed by atoms with E-state index in [1.807, 2.05) is 19.9 Å². The molecule has 5 nitrogen and oxygen atoms in total. The Morgan fingerprint density at radius 2 is 1.84 bits per heavy atom. The van der Waals surface area contributed by atoms with Crippen LogP contribution in [0.25, 0.3) is 16.6 Å². The summed E-state index contributed by atoms with van der Waals surface area (Å²) in [5, 5.41) is 0.456. The maximum atomic E-state index is 13.6. The van der Waals surface area contributed by atoms with E-state index in [1.165, 1.54) is 28.8 Å². The zero-order valence-corrected chi connectivity index (χ0v) is 19.0. The van der Waals surface area contributed by atoms with Crippen molar-refractivity contribution in [2.24, 2.45) is 5.41 Å². The predicted octanol–water partition coefficient (Wildman–Crippen LogP) is 5.09. The van der Waals surface area contributed by atoms with Gasteiger partial charge in [-0.15, -0.1) is 11.6 Å². The number of amides is 1. The molecular weight excluding hydrogens is 417 g/mol. The first-order valence-electron chi connectivity index (χ1n) is 10.4. The summed E-state index contributed by atoms with van der Waals surface area (Å²) in [6, 6.07) is 12.3. The summed E-state index contributed by atoms with van der Waals surface area (Å²) in [5.41, 5.74) is 0.0165. The molecule has 1 heterocycles. The average molecular weight is 444 g/mol. The van der Waals surface area contributed by atoms with Crippen LogP contribution in [0.5, 0.6) is 0 Å². The fourth-order valence-corrected chi connectivity index (χ4v) is 3.68. The Morgan fingerprint density at radius 3 is 2.45 bits per heavy atom. The standard InChI is InChI=1S/C24H27ClFN3O2/c1-5-14-28(23(31)24(3,4)15-25)16(2)21-27-20-9-7-6-8-19(20)22(30)29(21)18-12-10-17(26)11-13-18/h6-13,16H,5,14-15H2,1-4H3. The van der Waals surface area contributed by atoms with E-state index in [-0.39, 0.29) is 17.3 Å². The highest BCUT2D eigenvalue weighted by Crippen LogP contribution is 2.29. The van der Waals surface area contributed by atoms with Crippen molar-refractivity contribution in [1.82, 2.24) is 14.5 Å². The van der Waals surface area contributed by atoms with Crippen LogP contribution in [-0.4, -0.2) is 32.8 Å². The van der Waals surface area contributed by atoms with E-state index in [9.17, 15) is 14.0 Å². The van der Waals surface area contributed by atoms with Gasteiger partial charge in [0, 0.05) is 12.4 Å². The molecule has 0 aliphatic heterocycles. The third-order valence-corrected chi connectivity index (χ3v) is 6.03. The van der Waals surface area contributed by atoms with Gasteiger partial charge in [-0.1, -0.05) is 19.1 Å². The molecule has 3 aromatic rings. The maximum Gasteiger partial charge on any atom is 0.266 e. The largest absolute Gasteiger partial charge is 0.332 e. The summed E-state index contributed by atoms with van der Waals surface area (Å²) in [5.74, 6) is 0.0912. The summed E-state index contributed by atoms with van der Waals surface area (Å²) in [4.78, 5) is 33.3. The first kappa shape index (κ1) is 22.9. The van der Waals surface area contributed by atoms with Crippen molar-refractivity contribution >= 4 is 28.4 Å².